The van der Waals surface area contributed by atoms with Gasteiger partial charge >= 0.3 is 0 Å². The van der Waals surface area contributed by atoms with E-state index in [0.29, 0.717) is 12.4 Å². The lowest BCUT2D eigenvalue weighted by atomic mass is 10.0. The van der Waals surface area contributed by atoms with Crippen LogP contribution in [-0.2, 0) is 10.0 Å². The maximum Gasteiger partial charge on any atom is 0.238 e. The lowest BCUT2D eigenvalue weighted by Crippen LogP contribution is -2.28. The van der Waals surface area contributed by atoms with Gasteiger partial charge in [-0.15, -0.1) is 0 Å². The number of rotatable bonds is 8. The summed E-state index contributed by atoms with van der Waals surface area (Å²) in [6.07, 6.45) is 2.15. The van der Waals surface area contributed by atoms with Crippen LogP contribution in [0.2, 0.25) is 0 Å². The van der Waals surface area contributed by atoms with Gasteiger partial charge in [0, 0.05) is 18.2 Å². The third-order valence-electron chi connectivity index (χ3n) is 4.96. The van der Waals surface area contributed by atoms with Crippen LogP contribution in [-0.4, -0.2) is 47.2 Å². The standard InChI is InChI=1S/C20H26N2O5S/c1-25-16-7-10-20(26-2)18(14-16)19-4-3-11-22(19)12-13-27-15-5-8-17(9-6-15)28(21,23)24/h5-10,14,19H,3-4,11-13H2,1-2H3,(H2,21,23,24). The Labute approximate surface area is 166 Å². The first-order chi connectivity index (χ1) is 13.4. The third kappa shape index (κ3) is 4.76. The average molecular weight is 407 g/mol. The number of ether oxygens (including phenoxy) is 3. The van der Waals surface area contributed by atoms with E-state index < -0.39 is 10.0 Å². The van der Waals surface area contributed by atoms with Crippen molar-refractivity contribution in [3.8, 4) is 17.2 Å². The van der Waals surface area contributed by atoms with E-state index >= 15 is 0 Å². The topological polar surface area (TPSA) is 91.1 Å². The molecule has 3 rings (SSSR count). The molecule has 7 nitrogen and oxygen atoms in total. The summed E-state index contributed by atoms with van der Waals surface area (Å²) in [5.41, 5.74) is 1.12. The predicted molar refractivity (Wildman–Crippen MR) is 106 cm³/mol. The van der Waals surface area contributed by atoms with Crippen molar-refractivity contribution in [2.75, 3.05) is 33.9 Å². The maximum absolute atomic E-state index is 11.3. The van der Waals surface area contributed by atoms with E-state index in [1.165, 1.54) is 12.1 Å². The van der Waals surface area contributed by atoms with Gasteiger partial charge in [-0.25, -0.2) is 13.6 Å². The second-order valence-corrected chi connectivity index (χ2v) is 8.23. The van der Waals surface area contributed by atoms with Crippen molar-refractivity contribution >= 4 is 10.0 Å². The highest BCUT2D eigenvalue weighted by molar-refractivity contribution is 7.89. The first kappa shape index (κ1) is 20.4. The molecule has 1 unspecified atom stereocenters. The summed E-state index contributed by atoms with van der Waals surface area (Å²) in [6.45, 7) is 2.23. The van der Waals surface area contributed by atoms with Crippen LogP contribution in [0.25, 0.3) is 0 Å². The van der Waals surface area contributed by atoms with Crippen molar-refractivity contribution in [3.63, 3.8) is 0 Å². The molecule has 1 heterocycles. The molecule has 152 valence electrons. The normalized spacial score (nSPS) is 17.5. The molecular formula is C20H26N2O5S. The highest BCUT2D eigenvalue weighted by Gasteiger charge is 2.28. The molecule has 2 aromatic rings. The fourth-order valence-electron chi connectivity index (χ4n) is 3.55. The fraction of sp³-hybridized carbons (Fsp3) is 0.400. The highest BCUT2D eigenvalue weighted by atomic mass is 32.2. The Hall–Kier alpha value is -2.29. The SMILES string of the molecule is COc1ccc(OC)c(C2CCCN2CCOc2ccc(S(N)(=O)=O)cc2)c1. The minimum atomic E-state index is -3.69. The number of sulfonamides is 1. The Balaban J connectivity index is 1.63. The molecule has 0 aliphatic carbocycles. The minimum Gasteiger partial charge on any atom is -0.497 e. The zero-order valence-corrected chi connectivity index (χ0v) is 16.9. The molecule has 2 aromatic carbocycles. The average Bonchev–Trinajstić information content (AvgIpc) is 3.15. The van der Waals surface area contributed by atoms with Crippen LogP contribution in [0.1, 0.15) is 24.4 Å². The number of nitrogens with zero attached hydrogens (tertiary/aromatic N) is 1. The summed E-state index contributed by atoms with van der Waals surface area (Å²) < 4.78 is 39.3. The molecule has 0 spiro atoms. The summed E-state index contributed by atoms with van der Waals surface area (Å²) in [7, 11) is -0.350. The Morgan fingerprint density at radius 1 is 1.07 bits per heavy atom. The van der Waals surface area contributed by atoms with Crippen molar-refractivity contribution in [3.05, 3.63) is 48.0 Å². The molecule has 1 aliphatic rings. The molecule has 1 fully saturated rings. The summed E-state index contributed by atoms with van der Waals surface area (Å²) in [5, 5.41) is 5.11. The van der Waals surface area contributed by atoms with Gasteiger partial charge in [0.2, 0.25) is 10.0 Å². The van der Waals surface area contributed by atoms with Crippen molar-refractivity contribution < 1.29 is 22.6 Å². The second kappa shape index (κ2) is 8.81. The van der Waals surface area contributed by atoms with Gasteiger partial charge in [0.1, 0.15) is 23.9 Å². The number of hydrogen-bond donors (Lipinski definition) is 1. The lowest BCUT2D eigenvalue weighted by molar-refractivity contribution is 0.195. The summed E-state index contributed by atoms with van der Waals surface area (Å²) >= 11 is 0. The molecule has 0 saturated carbocycles. The zero-order valence-electron chi connectivity index (χ0n) is 16.1. The van der Waals surface area contributed by atoms with E-state index in [2.05, 4.69) is 4.90 Å². The summed E-state index contributed by atoms with van der Waals surface area (Å²) in [4.78, 5) is 2.44. The molecule has 0 bridgehead atoms. The van der Waals surface area contributed by atoms with Crippen molar-refractivity contribution in [2.45, 2.75) is 23.8 Å². The van der Waals surface area contributed by atoms with Crippen LogP contribution in [0.15, 0.2) is 47.4 Å². The maximum atomic E-state index is 11.3. The summed E-state index contributed by atoms with van der Waals surface area (Å²) in [6, 6.07) is 12.3. The van der Waals surface area contributed by atoms with Gasteiger partial charge in [-0.2, -0.15) is 0 Å². The second-order valence-electron chi connectivity index (χ2n) is 6.67. The van der Waals surface area contributed by atoms with E-state index in [4.69, 9.17) is 19.3 Å². The van der Waals surface area contributed by atoms with E-state index in [9.17, 15) is 8.42 Å². The minimum absolute atomic E-state index is 0.0737. The van der Waals surface area contributed by atoms with Gasteiger partial charge in [-0.05, 0) is 61.9 Å². The largest absolute Gasteiger partial charge is 0.497 e. The third-order valence-corrected chi connectivity index (χ3v) is 5.89. The van der Waals surface area contributed by atoms with Crippen molar-refractivity contribution in [1.29, 1.82) is 0 Å². The van der Waals surface area contributed by atoms with E-state index in [-0.39, 0.29) is 10.9 Å². The molecule has 8 heteroatoms. The zero-order chi connectivity index (χ0) is 20.1. The molecule has 28 heavy (non-hydrogen) atoms. The smallest absolute Gasteiger partial charge is 0.238 e. The van der Waals surface area contributed by atoms with E-state index in [1.54, 1.807) is 26.4 Å². The number of nitrogens with two attached hydrogens (primary N) is 1. The summed E-state index contributed by atoms with van der Waals surface area (Å²) in [5.74, 6) is 2.29. The first-order valence-electron chi connectivity index (χ1n) is 9.14. The number of benzene rings is 2. The number of primary sulfonamides is 1. The van der Waals surface area contributed by atoms with Crippen molar-refractivity contribution in [2.24, 2.45) is 5.14 Å². The van der Waals surface area contributed by atoms with Crippen LogP contribution >= 0.6 is 0 Å². The molecule has 1 atom stereocenters. The van der Waals surface area contributed by atoms with Crippen LogP contribution in [0.3, 0.4) is 0 Å². The molecule has 2 N–H and O–H groups in total. The number of methoxy groups -OCH3 is 2. The van der Waals surface area contributed by atoms with E-state index in [1.807, 2.05) is 18.2 Å². The van der Waals surface area contributed by atoms with E-state index in [0.717, 1.165) is 43.0 Å². The molecule has 0 amide bonds. The van der Waals surface area contributed by atoms with Crippen LogP contribution < -0.4 is 19.3 Å². The van der Waals surface area contributed by atoms with Gasteiger partial charge in [0.05, 0.1) is 19.1 Å². The van der Waals surface area contributed by atoms with Crippen LogP contribution in [0.5, 0.6) is 17.2 Å². The van der Waals surface area contributed by atoms with Gasteiger partial charge in [-0.3, -0.25) is 4.90 Å². The fourth-order valence-corrected chi connectivity index (χ4v) is 4.07. The molecule has 1 aliphatic heterocycles. The first-order valence-corrected chi connectivity index (χ1v) is 10.7. The Morgan fingerprint density at radius 3 is 2.43 bits per heavy atom. The Bertz CT molecular complexity index is 899. The van der Waals surface area contributed by atoms with Crippen molar-refractivity contribution in [1.82, 2.24) is 4.90 Å². The van der Waals surface area contributed by atoms with Gasteiger partial charge in [-0.1, -0.05) is 0 Å². The quantitative estimate of drug-likeness (QED) is 0.725. The van der Waals surface area contributed by atoms with Gasteiger partial charge < -0.3 is 14.2 Å². The molecule has 0 radical (unpaired) electrons. The van der Waals surface area contributed by atoms with Crippen LogP contribution in [0.4, 0.5) is 0 Å². The lowest BCUT2D eigenvalue weighted by Gasteiger charge is -2.26. The molecular weight excluding hydrogens is 380 g/mol. The molecule has 1 saturated heterocycles. The van der Waals surface area contributed by atoms with Gasteiger partial charge in [0.15, 0.2) is 0 Å². The monoisotopic (exact) mass is 406 g/mol. The Morgan fingerprint density at radius 2 is 1.79 bits per heavy atom. The number of hydrogen-bond acceptors (Lipinski definition) is 6. The highest BCUT2D eigenvalue weighted by Crippen LogP contribution is 2.38. The van der Waals surface area contributed by atoms with Crippen LogP contribution in [0, 0.1) is 0 Å². The predicted octanol–water partition coefficient (Wildman–Crippen LogP) is 2.57. The number of likely N-dealkylation sites (tertiary alicyclic amines) is 1. The van der Waals surface area contributed by atoms with Gasteiger partial charge in [0.25, 0.3) is 0 Å². The Kier molecular flexibility index (Phi) is 6.43. The molecule has 0 aromatic heterocycles.